The van der Waals surface area contributed by atoms with Crippen molar-refractivity contribution in [3.05, 3.63) is 48.2 Å². The molecule has 0 bridgehead atoms. The molecular formula is C22H30N4O3. The monoisotopic (exact) mass is 398 g/mol. The summed E-state index contributed by atoms with van der Waals surface area (Å²) in [4.78, 5) is 8.96. The van der Waals surface area contributed by atoms with Crippen molar-refractivity contribution in [1.29, 1.82) is 0 Å². The molecule has 156 valence electrons. The van der Waals surface area contributed by atoms with Crippen LogP contribution < -0.4 is 20.1 Å². The van der Waals surface area contributed by atoms with Crippen LogP contribution in [0.25, 0.3) is 0 Å². The molecule has 7 nitrogen and oxygen atoms in total. The van der Waals surface area contributed by atoms with Crippen LogP contribution in [0.4, 0.5) is 0 Å². The molecule has 3 rings (SSSR count). The fraction of sp³-hybridized carbons (Fsp3) is 0.455. The highest BCUT2D eigenvalue weighted by molar-refractivity contribution is 5.79. The lowest BCUT2D eigenvalue weighted by molar-refractivity contribution is 0.114. The highest BCUT2D eigenvalue weighted by Crippen LogP contribution is 2.23. The second kappa shape index (κ2) is 11.3. The van der Waals surface area contributed by atoms with E-state index in [0.717, 1.165) is 49.8 Å². The van der Waals surface area contributed by atoms with Crippen LogP contribution in [0.15, 0.2) is 47.6 Å². The first-order valence-electron chi connectivity index (χ1n) is 10.3. The van der Waals surface area contributed by atoms with Crippen molar-refractivity contribution in [1.82, 2.24) is 15.6 Å². The highest BCUT2D eigenvalue weighted by Gasteiger charge is 2.15. The van der Waals surface area contributed by atoms with Gasteiger partial charge in [0.25, 0.3) is 0 Å². The first-order valence-corrected chi connectivity index (χ1v) is 10.3. The Morgan fingerprint density at radius 2 is 2.00 bits per heavy atom. The van der Waals surface area contributed by atoms with Gasteiger partial charge < -0.3 is 24.8 Å². The van der Waals surface area contributed by atoms with Crippen LogP contribution in [0.1, 0.15) is 32.3 Å². The molecule has 1 aliphatic rings. The van der Waals surface area contributed by atoms with Crippen LogP contribution in [0.3, 0.4) is 0 Å². The van der Waals surface area contributed by atoms with Gasteiger partial charge in [0.15, 0.2) is 5.96 Å². The third-order valence-corrected chi connectivity index (χ3v) is 4.44. The molecular weight excluding hydrogens is 368 g/mol. The third kappa shape index (κ3) is 6.94. The minimum Gasteiger partial charge on any atom is -0.494 e. The maximum absolute atomic E-state index is 5.86. The summed E-state index contributed by atoms with van der Waals surface area (Å²) in [5, 5.41) is 6.63. The lowest BCUT2D eigenvalue weighted by atomic mass is 10.2. The highest BCUT2D eigenvalue weighted by atomic mass is 16.5. The van der Waals surface area contributed by atoms with Gasteiger partial charge in [-0.05, 0) is 62.6 Å². The Kier molecular flexibility index (Phi) is 8.12. The molecule has 2 heterocycles. The van der Waals surface area contributed by atoms with Gasteiger partial charge in [-0.2, -0.15) is 0 Å². The molecule has 1 unspecified atom stereocenters. The van der Waals surface area contributed by atoms with Crippen molar-refractivity contribution in [3.63, 3.8) is 0 Å². The number of rotatable bonds is 9. The van der Waals surface area contributed by atoms with E-state index in [-0.39, 0.29) is 6.10 Å². The summed E-state index contributed by atoms with van der Waals surface area (Å²) in [6.45, 7) is 7.62. The minimum atomic E-state index is 0.272. The molecule has 2 aromatic rings. The molecule has 0 aliphatic carbocycles. The van der Waals surface area contributed by atoms with Crippen molar-refractivity contribution >= 4 is 5.96 Å². The van der Waals surface area contributed by atoms with Gasteiger partial charge in [-0.3, -0.25) is 0 Å². The van der Waals surface area contributed by atoms with Crippen molar-refractivity contribution in [2.45, 2.75) is 39.3 Å². The minimum absolute atomic E-state index is 0.272. The molecule has 1 aromatic carbocycles. The van der Waals surface area contributed by atoms with Crippen molar-refractivity contribution in [3.8, 4) is 17.4 Å². The van der Waals surface area contributed by atoms with Crippen LogP contribution in [-0.2, 0) is 11.3 Å². The fourth-order valence-electron chi connectivity index (χ4n) is 3.02. The molecule has 29 heavy (non-hydrogen) atoms. The normalized spacial score (nSPS) is 16.5. The first-order chi connectivity index (χ1) is 14.3. The average molecular weight is 399 g/mol. The SMILES string of the molecule is CCNC(=NCc1ccnc(Oc2ccc(OCC)cc2)c1)NCC1CCCO1. The fourth-order valence-corrected chi connectivity index (χ4v) is 3.02. The lowest BCUT2D eigenvalue weighted by Crippen LogP contribution is -2.41. The lowest BCUT2D eigenvalue weighted by Gasteiger charge is -2.14. The van der Waals surface area contributed by atoms with Gasteiger partial charge >= 0.3 is 0 Å². The summed E-state index contributed by atoms with van der Waals surface area (Å²) < 4.78 is 17.0. The number of aromatic nitrogens is 1. The Balaban J connectivity index is 1.57. The van der Waals surface area contributed by atoms with Crippen LogP contribution in [0.5, 0.6) is 17.4 Å². The second-order valence-electron chi connectivity index (χ2n) is 6.72. The second-order valence-corrected chi connectivity index (χ2v) is 6.72. The molecule has 1 saturated heterocycles. The number of benzene rings is 1. The quantitative estimate of drug-likeness (QED) is 0.497. The van der Waals surface area contributed by atoms with Gasteiger partial charge in [0, 0.05) is 32.0 Å². The molecule has 0 amide bonds. The van der Waals surface area contributed by atoms with E-state index in [9.17, 15) is 0 Å². The predicted octanol–water partition coefficient (Wildman–Crippen LogP) is 3.51. The van der Waals surface area contributed by atoms with Gasteiger partial charge in [0.05, 0.1) is 19.3 Å². The van der Waals surface area contributed by atoms with Crippen LogP contribution in [-0.4, -0.2) is 43.4 Å². The Morgan fingerprint density at radius 3 is 2.72 bits per heavy atom. The van der Waals surface area contributed by atoms with E-state index in [4.69, 9.17) is 14.2 Å². The largest absolute Gasteiger partial charge is 0.494 e. The summed E-state index contributed by atoms with van der Waals surface area (Å²) >= 11 is 0. The molecule has 2 N–H and O–H groups in total. The number of aliphatic imine (C=N–C) groups is 1. The van der Waals surface area contributed by atoms with Gasteiger partial charge in [0.1, 0.15) is 11.5 Å². The summed E-state index contributed by atoms with van der Waals surface area (Å²) in [6.07, 6.45) is 4.24. The van der Waals surface area contributed by atoms with E-state index in [1.54, 1.807) is 6.20 Å². The zero-order chi connectivity index (χ0) is 20.3. The van der Waals surface area contributed by atoms with Crippen molar-refractivity contribution in [2.24, 2.45) is 4.99 Å². The number of pyridine rings is 1. The smallest absolute Gasteiger partial charge is 0.219 e. The molecule has 7 heteroatoms. The molecule has 0 radical (unpaired) electrons. The molecule has 1 atom stereocenters. The van der Waals surface area contributed by atoms with E-state index >= 15 is 0 Å². The third-order valence-electron chi connectivity index (χ3n) is 4.44. The van der Waals surface area contributed by atoms with E-state index in [1.807, 2.05) is 43.3 Å². The Hall–Kier alpha value is -2.80. The van der Waals surface area contributed by atoms with Crippen LogP contribution >= 0.6 is 0 Å². The first kappa shape index (κ1) is 20.9. The van der Waals surface area contributed by atoms with E-state index in [1.165, 1.54) is 0 Å². The molecule has 0 saturated carbocycles. The maximum Gasteiger partial charge on any atom is 0.219 e. The topological polar surface area (TPSA) is 77.0 Å². The Bertz CT molecular complexity index is 774. The molecule has 1 aromatic heterocycles. The van der Waals surface area contributed by atoms with Gasteiger partial charge in [-0.25, -0.2) is 9.98 Å². The van der Waals surface area contributed by atoms with E-state index < -0.39 is 0 Å². The molecule has 1 fully saturated rings. The predicted molar refractivity (Wildman–Crippen MR) is 114 cm³/mol. The van der Waals surface area contributed by atoms with Gasteiger partial charge in [-0.1, -0.05) is 0 Å². The number of ether oxygens (including phenoxy) is 3. The van der Waals surface area contributed by atoms with Gasteiger partial charge in [-0.15, -0.1) is 0 Å². The summed E-state index contributed by atoms with van der Waals surface area (Å²) in [7, 11) is 0. The van der Waals surface area contributed by atoms with Crippen LogP contribution in [0.2, 0.25) is 0 Å². The average Bonchev–Trinajstić information content (AvgIpc) is 3.26. The van der Waals surface area contributed by atoms with Crippen molar-refractivity contribution in [2.75, 3.05) is 26.3 Å². The number of nitrogens with one attached hydrogen (secondary N) is 2. The van der Waals surface area contributed by atoms with Crippen molar-refractivity contribution < 1.29 is 14.2 Å². The van der Waals surface area contributed by atoms with E-state index in [0.29, 0.717) is 24.8 Å². The number of hydrogen-bond acceptors (Lipinski definition) is 5. The number of guanidine groups is 1. The molecule has 0 spiro atoms. The Labute approximate surface area is 172 Å². The zero-order valence-corrected chi connectivity index (χ0v) is 17.2. The van der Waals surface area contributed by atoms with E-state index in [2.05, 4.69) is 27.5 Å². The molecule has 1 aliphatic heterocycles. The summed E-state index contributed by atoms with van der Waals surface area (Å²) in [5.74, 6) is 2.86. The van der Waals surface area contributed by atoms with Gasteiger partial charge in [0.2, 0.25) is 5.88 Å². The number of hydrogen-bond donors (Lipinski definition) is 2. The van der Waals surface area contributed by atoms with Crippen LogP contribution in [0, 0.1) is 0 Å². The maximum atomic E-state index is 5.86. The zero-order valence-electron chi connectivity index (χ0n) is 17.2. The summed E-state index contributed by atoms with van der Waals surface area (Å²) in [6, 6.07) is 11.4. The summed E-state index contributed by atoms with van der Waals surface area (Å²) in [5.41, 5.74) is 1.02. The standard InChI is InChI=1S/C22H30N4O3/c1-3-23-22(26-16-20-6-5-13-28-20)25-15-17-11-12-24-21(14-17)29-19-9-7-18(8-10-19)27-4-2/h7-12,14,20H,3-6,13,15-16H2,1-2H3,(H2,23,25,26). The Morgan fingerprint density at radius 1 is 1.17 bits per heavy atom. The number of nitrogens with zero attached hydrogens (tertiary/aromatic N) is 2.